The molecule has 3 aromatic heterocycles. The molecular formula is C25H25FN6O2. The van der Waals surface area contributed by atoms with Gasteiger partial charge in [-0.25, -0.2) is 24.0 Å². The number of carbonyl (C=O) groups excluding carboxylic acids is 1. The number of halogens is 1. The average molecular weight is 461 g/mol. The van der Waals surface area contributed by atoms with Crippen LogP contribution < -0.4 is 5.73 Å². The van der Waals surface area contributed by atoms with E-state index in [-0.39, 0.29) is 24.1 Å². The number of nitrogen functional groups attached to an aromatic ring is 1. The molecule has 2 N–H and O–H groups in total. The summed E-state index contributed by atoms with van der Waals surface area (Å²) in [4.78, 5) is 26.4. The van der Waals surface area contributed by atoms with Crippen LogP contribution in [-0.2, 0) is 21.5 Å². The fourth-order valence-electron chi connectivity index (χ4n) is 4.32. The largest absolute Gasteiger partial charge is 0.468 e. The summed E-state index contributed by atoms with van der Waals surface area (Å²) >= 11 is 0. The third-order valence-corrected chi connectivity index (χ3v) is 6.25. The van der Waals surface area contributed by atoms with E-state index in [1.165, 1.54) is 13.2 Å². The van der Waals surface area contributed by atoms with Gasteiger partial charge in [-0.2, -0.15) is 5.10 Å². The summed E-state index contributed by atoms with van der Waals surface area (Å²) in [6, 6.07) is 10.3. The van der Waals surface area contributed by atoms with E-state index in [4.69, 9.17) is 20.6 Å². The Labute approximate surface area is 196 Å². The molecule has 3 heterocycles. The van der Waals surface area contributed by atoms with Gasteiger partial charge in [0.1, 0.15) is 17.3 Å². The highest BCUT2D eigenvalue weighted by atomic mass is 19.1. The molecule has 8 nitrogen and oxygen atoms in total. The van der Waals surface area contributed by atoms with Crippen molar-refractivity contribution in [1.29, 1.82) is 0 Å². The lowest BCUT2D eigenvalue weighted by Crippen LogP contribution is -2.33. The zero-order valence-corrected chi connectivity index (χ0v) is 19.2. The third-order valence-electron chi connectivity index (χ3n) is 6.25. The summed E-state index contributed by atoms with van der Waals surface area (Å²) < 4.78 is 21.0. The Morgan fingerprint density at radius 1 is 1.21 bits per heavy atom. The average Bonchev–Trinajstić information content (AvgIpc) is 3.61. The number of benzene rings is 1. The second-order valence-corrected chi connectivity index (χ2v) is 9.06. The lowest BCUT2D eigenvalue weighted by atomic mass is 9.82. The van der Waals surface area contributed by atoms with Crippen molar-refractivity contribution < 1.29 is 13.9 Å². The van der Waals surface area contributed by atoms with Crippen LogP contribution in [-0.4, -0.2) is 37.8 Å². The summed E-state index contributed by atoms with van der Waals surface area (Å²) in [7, 11) is 1.35. The Morgan fingerprint density at radius 2 is 1.97 bits per heavy atom. The van der Waals surface area contributed by atoms with Crippen LogP contribution in [0.1, 0.15) is 49.4 Å². The van der Waals surface area contributed by atoms with Crippen LogP contribution in [0.3, 0.4) is 0 Å². The summed E-state index contributed by atoms with van der Waals surface area (Å²) in [5.74, 6) is 0.0702. The van der Waals surface area contributed by atoms with E-state index in [0.717, 1.165) is 23.9 Å². The third kappa shape index (κ3) is 3.67. The van der Waals surface area contributed by atoms with Gasteiger partial charge >= 0.3 is 5.97 Å². The number of ether oxygens (including phenoxy) is 1. The van der Waals surface area contributed by atoms with Gasteiger partial charge in [-0.15, -0.1) is 0 Å². The number of carbonyl (C=O) groups is 1. The zero-order valence-electron chi connectivity index (χ0n) is 19.2. The molecule has 1 aliphatic carbocycles. The number of hydrogen-bond donors (Lipinski definition) is 1. The van der Waals surface area contributed by atoms with Gasteiger partial charge < -0.3 is 10.5 Å². The first kappa shape index (κ1) is 21.9. The molecule has 0 amide bonds. The molecule has 5 rings (SSSR count). The number of rotatable bonds is 6. The number of fused-ring (bicyclic) bond motifs is 1. The summed E-state index contributed by atoms with van der Waals surface area (Å²) in [5, 5.41) is 5.45. The molecule has 0 aliphatic heterocycles. The van der Waals surface area contributed by atoms with Gasteiger partial charge in [0.25, 0.3) is 0 Å². The predicted molar refractivity (Wildman–Crippen MR) is 125 cm³/mol. The van der Waals surface area contributed by atoms with E-state index in [1.54, 1.807) is 49.0 Å². The Morgan fingerprint density at radius 3 is 2.68 bits per heavy atom. The van der Waals surface area contributed by atoms with Crippen molar-refractivity contribution in [3.63, 3.8) is 0 Å². The minimum atomic E-state index is -0.997. The van der Waals surface area contributed by atoms with Crippen LogP contribution in [0, 0.1) is 5.82 Å². The van der Waals surface area contributed by atoms with Crippen LogP contribution in [0.4, 0.5) is 10.2 Å². The van der Waals surface area contributed by atoms with Gasteiger partial charge in [-0.1, -0.05) is 18.2 Å². The summed E-state index contributed by atoms with van der Waals surface area (Å²) in [5.41, 5.74) is 8.39. The minimum Gasteiger partial charge on any atom is -0.468 e. The monoisotopic (exact) mass is 460 g/mol. The van der Waals surface area contributed by atoms with Gasteiger partial charge in [0.2, 0.25) is 0 Å². The molecule has 0 radical (unpaired) electrons. The molecule has 1 aromatic carbocycles. The quantitative estimate of drug-likeness (QED) is 0.433. The smallest absolute Gasteiger partial charge is 0.315 e. The van der Waals surface area contributed by atoms with E-state index in [1.807, 2.05) is 6.07 Å². The van der Waals surface area contributed by atoms with Gasteiger partial charge in [-0.05, 0) is 44.9 Å². The normalized spacial score (nSPS) is 13.9. The second kappa shape index (κ2) is 8.16. The molecule has 34 heavy (non-hydrogen) atoms. The van der Waals surface area contributed by atoms with Crippen molar-refractivity contribution in [1.82, 2.24) is 24.7 Å². The number of methoxy groups -OCH3 is 1. The maximum Gasteiger partial charge on any atom is 0.315 e. The van der Waals surface area contributed by atoms with E-state index in [9.17, 15) is 9.18 Å². The molecule has 0 unspecified atom stereocenters. The number of nitrogens with zero attached hydrogens (tertiary/aromatic N) is 5. The molecule has 0 atom stereocenters. The molecule has 0 saturated heterocycles. The van der Waals surface area contributed by atoms with E-state index in [0.29, 0.717) is 28.3 Å². The van der Waals surface area contributed by atoms with Crippen molar-refractivity contribution in [2.45, 2.75) is 44.6 Å². The number of hydrogen-bond acceptors (Lipinski definition) is 7. The van der Waals surface area contributed by atoms with Crippen molar-refractivity contribution in [2.24, 2.45) is 0 Å². The van der Waals surface area contributed by atoms with E-state index in [2.05, 4.69) is 9.97 Å². The zero-order chi connectivity index (χ0) is 24.0. The minimum absolute atomic E-state index is 0.202. The summed E-state index contributed by atoms with van der Waals surface area (Å²) in [6.07, 6.45) is 3.59. The molecular weight excluding hydrogens is 435 g/mol. The molecule has 1 saturated carbocycles. The summed E-state index contributed by atoms with van der Waals surface area (Å²) in [6.45, 7) is 3.74. The Hall–Kier alpha value is -3.88. The lowest BCUT2D eigenvalue weighted by Gasteiger charge is -2.25. The highest BCUT2D eigenvalue weighted by Crippen LogP contribution is 2.46. The highest BCUT2D eigenvalue weighted by molar-refractivity contribution is 5.90. The lowest BCUT2D eigenvalue weighted by molar-refractivity contribution is -0.146. The molecule has 174 valence electrons. The molecule has 1 fully saturated rings. The Kier molecular flexibility index (Phi) is 5.27. The number of nitrogens with two attached hydrogens (primary N) is 1. The van der Waals surface area contributed by atoms with Crippen LogP contribution in [0.15, 0.2) is 42.6 Å². The standard InChI is InChI=1S/C25H25FN6O2/c1-25(2,24(33)34-3)18-19(14-10-11-14)29-22(30-21(18)27)20-16-8-6-12-28-23(16)32(31-20)13-15-7-4-5-9-17(15)26/h4-9,12,14H,10-11,13H2,1-3H3,(H2,27,29,30). The van der Waals surface area contributed by atoms with Gasteiger partial charge in [0.05, 0.1) is 30.1 Å². The van der Waals surface area contributed by atoms with Crippen molar-refractivity contribution in [3.05, 3.63) is 65.2 Å². The van der Waals surface area contributed by atoms with Gasteiger partial charge in [0.15, 0.2) is 11.5 Å². The van der Waals surface area contributed by atoms with Crippen molar-refractivity contribution in [3.8, 4) is 11.5 Å². The maximum atomic E-state index is 14.3. The SMILES string of the molecule is COC(=O)C(C)(C)c1c(N)nc(-c2nn(Cc3ccccc3F)c3ncccc23)nc1C1CC1. The fraction of sp³-hybridized carbons (Fsp3) is 0.320. The van der Waals surface area contributed by atoms with Crippen molar-refractivity contribution >= 4 is 22.8 Å². The number of anilines is 1. The molecule has 4 aromatic rings. The molecule has 1 aliphatic rings. The number of aromatic nitrogens is 5. The van der Waals surface area contributed by atoms with Crippen LogP contribution >= 0.6 is 0 Å². The van der Waals surface area contributed by atoms with E-state index >= 15 is 0 Å². The first-order chi connectivity index (χ1) is 16.3. The first-order valence-corrected chi connectivity index (χ1v) is 11.1. The van der Waals surface area contributed by atoms with Gasteiger partial charge in [0, 0.05) is 23.2 Å². The Balaban J connectivity index is 1.66. The first-order valence-electron chi connectivity index (χ1n) is 11.1. The number of pyridine rings is 1. The van der Waals surface area contributed by atoms with E-state index < -0.39 is 11.4 Å². The molecule has 0 spiro atoms. The Bertz CT molecular complexity index is 1410. The number of esters is 1. The van der Waals surface area contributed by atoms with Crippen LogP contribution in [0.5, 0.6) is 0 Å². The maximum absolute atomic E-state index is 14.3. The van der Waals surface area contributed by atoms with Crippen LogP contribution in [0.25, 0.3) is 22.6 Å². The fourth-order valence-corrected chi connectivity index (χ4v) is 4.32. The van der Waals surface area contributed by atoms with Crippen molar-refractivity contribution in [2.75, 3.05) is 12.8 Å². The van der Waals surface area contributed by atoms with Crippen LogP contribution in [0.2, 0.25) is 0 Å². The van der Waals surface area contributed by atoms with Gasteiger partial charge in [-0.3, -0.25) is 4.79 Å². The topological polar surface area (TPSA) is 109 Å². The highest BCUT2D eigenvalue weighted by Gasteiger charge is 2.41. The molecule has 0 bridgehead atoms. The molecule has 9 heteroatoms. The second-order valence-electron chi connectivity index (χ2n) is 9.06. The predicted octanol–water partition coefficient (Wildman–Crippen LogP) is 3.99.